The Morgan fingerprint density at radius 1 is 1.65 bits per heavy atom. The smallest absolute Gasteiger partial charge is 0.325 e. The Hall–Kier alpha value is -1.71. The number of sulfonamides is 1. The maximum absolute atomic E-state index is 12.3. The third-order valence-electron chi connectivity index (χ3n) is 2.42. The second-order valence-electron chi connectivity index (χ2n) is 3.91. The fourth-order valence-corrected chi connectivity index (χ4v) is 2.85. The van der Waals surface area contributed by atoms with E-state index in [1.54, 1.807) is 0 Å². The largest absolute Gasteiger partial charge is 0.480 e. The zero-order valence-corrected chi connectivity index (χ0v) is 11.9. The molecule has 0 spiro atoms. The predicted octanol–water partition coefficient (Wildman–Crippen LogP) is -0.209. The average Bonchev–Trinajstić information content (AvgIpc) is 2.82. The second kappa shape index (κ2) is 7.17. The van der Waals surface area contributed by atoms with Crippen LogP contribution < -0.4 is 0 Å². The lowest BCUT2D eigenvalue weighted by atomic mass is 10.6. The topological polar surface area (TPSA) is 102 Å². The van der Waals surface area contributed by atoms with Gasteiger partial charge in [0.2, 0.25) is 10.0 Å². The Morgan fingerprint density at radius 3 is 2.90 bits per heavy atom. The molecular weight excluding hydrogens is 286 g/mol. The first-order chi connectivity index (χ1) is 9.41. The zero-order valence-electron chi connectivity index (χ0n) is 11.1. The predicted molar refractivity (Wildman–Crippen MR) is 70.7 cm³/mol. The quantitative estimate of drug-likeness (QED) is 0.633. The lowest BCUT2D eigenvalue weighted by Gasteiger charge is -2.19. The highest BCUT2D eigenvalue weighted by molar-refractivity contribution is 7.89. The van der Waals surface area contributed by atoms with E-state index < -0.39 is 22.5 Å². The van der Waals surface area contributed by atoms with Gasteiger partial charge >= 0.3 is 5.97 Å². The molecule has 20 heavy (non-hydrogen) atoms. The van der Waals surface area contributed by atoms with E-state index in [1.807, 2.05) is 0 Å². The first-order valence-corrected chi connectivity index (χ1v) is 7.20. The number of aromatic nitrogens is 2. The van der Waals surface area contributed by atoms with Gasteiger partial charge in [-0.05, 0) is 0 Å². The molecule has 0 aliphatic rings. The number of hydrogen-bond donors (Lipinski definition) is 1. The van der Waals surface area contributed by atoms with E-state index in [4.69, 9.17) is 9.84 Å². The molecule has 0 amide bonds. The van der Waals surface area contributed by atoms with Crippen LogP contribution in [-0.2, 0) is 26.1 Å². The average molecular weight is 303 g/mol. The first kappa shape index (κ1) is 16.3. The van der Waals surface area contributed by atoms with Gasteiger partial charge in [-0.25, -0.2) is 8.42 Å². The van der Waals surface area contributed by atoms with E-state index in [0.29, 0.717) is 0 Å². The van der Waals surface area contributed by atoms with Crippen LogP contribution in [0, 0.1) is 0 Å². The highest BCUT2D eigenvalue weighted by Gasteiger charge is 2.25. The summed E-state index contributed by atoms with van der Waals surface area (Å²) in [6.07, 6.45) is 3.78. The van der Waals surface area contributed by atoms with Gasteiger partial charge in [-0.2, -0.15) is 9.40 Å². The van der Waals surface area contributed by atoms with Crippen molar-refractivity contribution in [3.63, 3.8) is 0 Å². The van der Waals surface area contributed by atoms with Gasteiger partial charge in [0, 0.05) is 26.4 Å². The summed E-state index contributed by atoms with van der Waals surface area (Å²) < 4.78 is 31.8. The van der Waals surface area contributed by atoms with Crippen molar-refractivity contribution < 1.29 is 23.1 Å². The summed E-state index contributed by atoms with van der Waals surface area (Å²) in [7, 11) is -2.27. The van der Waals surface area contributed by atoms with Gasteiger partial charge in [-0.1, -0.05) is 6.08 Å². The van der Waals surface area contributed by atoms with E-state index >= 15 is 0 Å². The molecule has 0 aliphatic heterocycles. The van der Waals surface area contributed by atoms with Crippen LogP contribution in [0.5, 0.6) is 0 Å². The number of carboxylic acid groups (broad SMARTS) is 1. The van der Waals surface area contributed by atoms with E-state index in [9.17, 15) is 13.2 Å². The first-order valence-electron chi connectivity index (χ1n) is 5.76. The van der Waals surface area contributed by atoms with Gasteiger partial charge in [0.1, 0.15) is 11.4 Å². The molecule has 0 saturated heterocycles. The Labute approximate surface area is 117 Å². The summed E-state index contributed by atoms with van der Waals surface area (Å²) >= 11 is 0. The molecule has 0 saturated carbocycles. The van der Waals surface area contributed by atoms with Crippen molar-refractivity contribution in [2.45, 2.75) is 11.4 Å². The van der Waals surface area contributed by atoms with Crippen LogP contribution in [0.2, 0.25) is 0 Å². The third kappa shape index (κ3) is 4.15. The van der Waals surface area contributed by atoms with Crippen molar-refractivity contribution in [2.24, 2.45) is 0 Å². The van der Waals surface area contributed by atoms with Crippen molar-refractivity contribution >= 4 is 16.0 Å². The Balaban J connectivity index is 2.96. The van der Waals surface area contributed by atoms with Crippen LogP contribution >= 0.6 is 0 Å². The molecule has 1 N–H and O–H groups in total. The number of ether oxygens (including phenoxy) is 1. The molecule has 112 valence electrons. The number of rotatable bonds is 9. The number of hydrogen-bond acceptors (Lipinski definition) is 5. The van der Waals surface area contributed by atoms with E-state index in [2.05, 4.69) is 11.7 Å². The van der Waals surface area contributed by atoms with Crippen molar-refractivity contribution in [3.05, 3.63) is 25.0 Å². The SMILES string of the molecule is C=CCN(CCOC)S(=O)(=O)c1cnn(CC(=O)O)c1. The number of carboxylic acids is 1. The van der Waals surface area contributed by atoms with Gasteiger partial charge in [-0.15, -0.1) is 6.58 Å². The number of methoxy groups -OCH3 is 1. The van der Waals surface area contributed by atoms with Crippen molar-refractivity contribution in [3.8, 4) is 0 Å². The molecule has 1 aromatic rings. The summed E-state index contributed by atoms with van der Waals surface area (Å²) in [6, 6.07) is 0. The van der Waals surface area contributed by atoms with Gasteiger partial charge in [0.25, 0.3) is 0 Å². The molecule has 1 rings (SSSR count). The summed E-state index contributed by atoms with van der Waals surface area (Å²) in [5.41, 5.74) is 0. The minimum Gasteiger partial charge on any atom is -0.480 e. The lowest BCUT2D eigenvalue weighted by Crippen LogP contribution is -2.34. The van der Waals surface area contributed by atoms with Crippen molar-refractivity contribution in [2.75, 3.05) is 26.8 Å². The summed E-state index contributed by atoms with van der Waals surface area (Å²) in [6.45, 7) is 3.68. The molecule has 0 unspecified atom stereocenters. The van der Waals surface area contributed by atoms with Crippen molar-refractivity contribution in [1.29, 1.82) is 0 Å². The summed E-state index contributed by atoms with van der Waals surface area (Å²) in [4.78, 5) is 10.5. The molecule has 0 bridgehead atoms. The molecule has 1 heterocycles. The molecule has 0 radical (unpaired) electrons. The summed E-state index contributed by atoms with van der Waals surface area (Å²) in [5.74, 6) is -1.10. The zero-order chi connectivity index (χ0) is 15.2. The van der Waals surface area contributed by atoms with Crippen LogP contribution in [0.25, 0.3) is 0 Å². The van der Waals surface area contributed by atoms with Crippen molar-refractivity contribution in [1.82, 2.24) is 14.1 Å². The maximum Gasteiger partial charge on any atom is 0.325 e. The van der Waals surface area contributed by atoms with Gasteiger partial charge in [0.15, 0.2) is 0 Å². The lowest BCUT2D eigenvalue weighted by molar-refractivity contribution is -0.137. The minimum atomic E-state index is -3.74. The Morgan fingerprint density at radius 2 is 2.35 bits per heavy atom. The van der Waals surface area contributed by atoms with Gasteiger partial charge < -0.3 is 9.84 Å². The molecule has 9 heteroatoms. The molecule has 0 fully saturated rings. The van der Waals surface area contributed by atoms with E-state index in [0.717, 1.165) is 10.9 Å². The fraction of sp³-hybridized carbons (Fsp3) is 0.455. The van der Waals surface area contributed by atoms with Crippen LogP contribution in [0.15, 0.2) is 29.9 Å². The Kier molecular flexibility index (Phi) is 5.86. The fourth-order valence-electron chi connectivity index (χ4n) is 1.50. The second-order valence-corrected chi connectivity index (χ2v) is 5.85. The van der Waals surface area contributed by atoms with Crippen LogP contribution in [-0.4, -0.2) is 60.4 Å². The van der Waals surface area contributed by atoms with Crippen LogP contribution in [0.1, 0.15) is 0 Å². The van der Waals surface area contributed by atoms with Gasteiger partial charge in [0.05, 0.1) is 12.8 Å². The highest BCUT2D eigenvalue weighted by Crippen LogP contribution is 2.14. The van der Waals surface area contributed by atoms with Gasteiger partial charge in [-0.3, -0.25) is 9.48 Å². The van der Waals surface area contributed by atoms with Crippen LogP contribution in [0.4, 0.5) is 0 Å². The molecule has 8 nitrogen and oxygen atoms in total. The molecule has 0 aromatic carbocycles. The molecule has 0 atom stereocenters. The normalized spacial score (nSPS) is 11.7. The standard InChI is InChI=1S/C11H17N3O5S/c1-3-4-14(5-6-19-2)20(17,18)10-7-12-13(8-10)9-11(15)16/h3,7-8H,1,4-6,9H2,2H3,(H,15,16). The molecule has 1 aromatic heterocycles. The maximum atomic E-state index is 12.3. The highest BCUT2D eigenvalue weighted by atomic mass is 32.2. The molecular formula is C11H17N3O5S. The third-order valence-corrected chi connectivity index (χ3v) is 4.24. The monoisotopic (exact) mass is 303 g/mol. The van der Waals surface area contributed by atoms with E-state index in [-0.39, 0.29) is 24.6 Å². The number of aliphatic carboxylic acids is 1. The van der Waals surface area contributed by atoms with E-state index in [1.165, 1.54) is 23.7 Å². The number of carbonyl (C=O) groups is 1. The molecule has 0 aliphatic carbocycles. The number of nitrogens with zero attached hydrogens (tertiary/aromatic N) is 3. The van der Waals surface area contributed by atoms with Crippen LogP contribution in [0.3, 0.4) is 0 Å². The Bertz CT molecular complexity index is 566. The minimum absolute atomic E-state index is 0.0586. The summed E-state index contributed by atoms with van der Waals surface area (Å²) in [5, 5.41) is 12.4.